The lowest BCUT2D eigenvalue weighted by molar-refractivity contribution is -0.128. The number of ketones is 1. The normalized spacial score (nSPS) is 25.9. The fraction of sp³-hybridized carbons (Fsp3) is 0.179. The van der Waals surface area contributed by atoms with E-state index in [-0.39, 0.29) is 10.9 Å². The molecule has 3 amide bonds. The molecule has 36 heavy (non-hydrogen) atoms. The summed E-state index contributed by atoms with van der Waals surface area (Å²) in [7, 11) is 1.64. The summed E-state index contributed by atoms with van der Waals surface area (Å²) in [5.74, 6) is -3.18. The molecule has 1 saturated heterocycles. The number of carbonyl (C=O) groups excluding carboxylic acids is 4. The molecular formula is C28H21N3O4S. The van der Waals surface area contributed by atoms with Gasteiger partial charge >= 0.3 is 0 Å². The highest BCUT2D eigenvalue weighted by Gasteiger charge is 2.76. The van der Waals surface area contributed by atoms with E-state index in [0.717, 1.165) is 4.90 Å². The molecule has 1 N–H and O–H groups in total. The number of anilines is 2. The predicted molar refractivity (Wildman–Crippen MR) is 138 cm³/mol. The van der Waals surface area contributed by atoms with E-state index < -0.39 is 34.5 Å². The molecule has 0 aromatic heterocycles. The number of hydrogen-bond acceptors (Lipinski definition) is 5. The lowest BCUT2D eigenvalue weighted by Gasteiger charge is -2.34. The van der Waals surface area contributed by atoms with Crippen LogP contribution in [0.2, 0.25) is 0 Å². The Labute approximate surface area is 212 Å². The topological polar surface area (TPSA) is 86.8 Å². The van der Waals surface area contributed by atoms with Crippen molar-refractivity contribution in [2.75, 3.05) is 16.8 Å². The lowest BCUT2D eigenvalue weighted by atomic mass is 9.62. The van der Waals surface area contributed by atoms with Gasteiger partial charge in [-0.15, -0.1) is 0 Å². The number of benzene rings is 3. The molecular weight excluding hydrogens is 474 g/mol. The van der Waals surface area contributed by atoms with Crippen molar-refractivity contribution in [3.63, 3.8) is 0 Å². The second-order valence-corrected chi connectivity index (χ2v) is 9.70. The minimum Gasteiger partial charge on any atom is -0.360 e. The molecule has 0 aliphatic carbocycles. The van der Waals surface area contributed by atoms with E-state index in [1.807, 2.05) is 6.07 Å². The minimum absolute atomic E-state index is 0.0523. The highest BCUT2D eigenvalue weighted by atomic mass is 32.1. The Bertz CT molecular complexity index is 1520. The highest BCUT2D eigenvalue weighted by Crippen LogP contribution is 2.60. The number of fused-ring (bicyclic) bond motifs is 4. The standard InChI is InChI=1S/C28H21N3O4S/c1-16(32)31-21-15-9-6-12-18(21)27(25(31)34)23(22(33)17-10-4-3-5-11-17)28(29-24(27)36)19-13-7-8-14-20(19)30(2)26(28)35/h3-15,23H,1-2H3,(H,29,36)/t23-,27-,28-/m0/s1. The van der Waals surface area contributed by atoms with E-state index in [2.05, 4.69) is 5.32 Å². The summed E-state index contributed by atoms with van der Waals surface area (Å²) in [6.45, 7) is 1.30. The van der Waals surface area contributed by atoms with Gasteiger partial charge in [0.1, 0.15) is 5.41 Å². The summed E-state index contributed by atoms with van der Waals surface area (Å²) in [5, 5.41) is 3.19. The molecule has 1 fully saturated rings. The van der Waals surface area contributed by atoms with Crippen molar-refractivity contribution in [1.82, 2.24) is 5.32 Å². The summed E-state index contributed by atoms with van der Waals surface area (Å²) < 4.78 is 0. The average Bonchev–Trinajstić information content (AvgIpc) is 3.40. The zero-order chi connectivity index (χ0) is 25.4. The summed E-state index contributed by atoms with van der Waals surface area (Å²) in [6, 6.07) is 22.6. The number of rotatable bonds is 2. The van der Waals surface area contributed by atoms with Gasteiger partial charge in [0.15, 0.2) is 11.3 Å². The zero-order valence-corrected chi connectivity index (χ0v) is 20.3. The van der Waals surface area contributed by atoms with Gasteiger partial charge in [0.05, 0.1) is 16.6 Å². The third kappa shape index (κ3) is 2.44. The highest BCUT2D eigenvalue weighted by molar-refractivity contribution is 7.80. The molecule has 0 unspecified atom stereocenters. The first-order valence-corrected chi connectivity index (χ1v) is 11.9. The summed E-state index contributed by atoms with van der Waals surface area (Å²) in [5.41, 5.74) is -1.01. The van der Waals surface area contributed by atoms with Crippen LogP contribution in [0.25, 0.3) is 0 Å². The second-order valence-electron chi connectivity index (χ2n) is 9.29. The van der Waals surface area contributed by atoms with Crippen LogP contribution in [0.1, 0.15) is 28.4 Å². The van der Waals surface area contributed by atoms with Crippen molar-refractivity contribution in [2.24, 2.45) is 5.92 Å². The monoisotopic (exact) mass is 495 g/mol. The Morgan fingerprint density at radius 2 is 1.42 bits per heavy atom. The van der Waals surface area contributed by atoms with Crippen LogP contribution in [0.15, 0.2) is 78.9 Å². The number of nitrogens with one attached hydrogen (secondary N) is 1. The van der Waals surface area contributed by atoms with Gasteiger partial charge in [-0.2, -0.15) is 0 Å². The second kappa shape index (κ2) is 7.41. The van der Waals surface area contributed by atoms with Crippen molar-refractivity contribution >= 4 is 52.1 Å². The van der Waals surface area contributed by atoms with Gasteiger partial charge in [-0.25, -0.2) is 4.90 Å². The third-order valence-electron chi connectivity index (χ3n) is 7.61. The fourth-order valence-corrected chi connectivity index (χ4v) is 6.65. The van der Waals surface area contributed by atoms with Crippen LogP contribution >= 0.6 is 12.2 Å². The molecule has 178 valence electrons. The van der Waals surface area contributed by atoms with E-state index in [0.29, 0.717) is 28.1 Å². The van der Waals surface area contributed by atoms with Gasteiger partial charge in [0.25, 0.3) is 11.8 Å². The largest absolute Gasteiger partial charge is 0.360 e. The van der Waals surface area contributed by atoms with Crippen LogP contribution < -0.4 is 15.1 Å². The van der Waals surface area contributed by atoms with Crippen molar-refractivity contribution in [1.29, 1.82) is 0 Å². The average molecular weight is 496 g/mol. The molecule has 3 aromatic carbocycles. The molecule has 8 heteroatoms. The van der Waals surface area contributed by atoms with Crippen LogP contribution in [0.4, 0.5) is 11.4 Å². The Morgan fingerprint density at radius 1 is 0.833 bits per heavy atom. The van der Waals surface area contributed by atoms with E-state index in [9.17, 15) is 19.2 Å². The number of carbonyl (C=O) groups is 4. The smallest absolute Gasteiger partial charge is 0.258 e. The molecule has 3 atom stereocenters. The first-order valence-electron chi connectivity index (χ1n) is 11.5. The summed E-state index contributed by atoms with van der Waals surface area (Å²) >= 11 is 5.87. The SMILES string of the molecule is CC(=O)N1C(=O)[C@@]2(C(=S)N[C@]3(C(=O)N(C)c4ccccc43)[C@H]2C(=O)c2ccccc2)c2ccccc21. The van der Waals surface area contributed by atoms with Crippen LogP contribution in [0.3, 0.4) is 0 Å². The first-order chi connectivity index (χ1) is 17.3. The molecule has 3 aliphatic heterocycles. The van der Waals surface area contributed by atoms with Crippen molar-refractivity contribution in [3.05, 3.63) is 95.6 Å². The number of likely N-dealkylation sites (N-methyl/N-ethyl adjacent to an activating group) is 1. The van der Waals surface area contributed by atoms with Gasteiger partial charge in [0.2, 0.25) is 5.91 Å². The quantitative estimate of drug-likeness (QED) is 0.434. The Hall–Kier alpha value is -4.17. The minimum atomic E-state index is -1.74. The van der Waals surface area contributed by atoms with E-state index in [1.165, 1.54) is 11.8 Å². The molecule has 0 saturated carbocycles. The molecule has 3 aliphatic rings. The van der Waals surface area contributed by atoms with E-state index >= 15 is 0 Å². The predicted octanol–water partition coefficient (Wildman–Crippen LogP) is 3.12. The molecule has 7 nitrogen and oxygen atoms in total. The molecule has 0 radical (unpaired) electrons. The van der Waals surface area contributed by atoms with Crippen LogP contribution in [-0.2, 0) is 25.3 Å². The van der Waals surface area contributed by atoms with Crippen molar-refractivity contribution in [2.45, 2.75) is 17.9 Å². The van der Waals surface area contributed by atoms with Gasteiger partial charge in [-0.1, -0.05) is 78.9 Å². The molecule has 3 heterocycles. The number of amides is 3. The van der Waals surface area contributed by atoms with Gasteiger partial charge in [-0.3, -0.25) is 19.2 Å². The third-order valence-corrected chi connectivity index (χ3v) is 8.04. The molecule has 6 rings (SSSR count). The number of Topliss-reactive ketones (excluding diaryl/α,β-unsaturated/α-hetero) is 1. The van der Waals surface area contributed by atoms with E-state index in [1.54, 1.807) is 79.8 Å². The maximum Gasteiger partial charge on any atom is 0.258 e. The van der Waals surface area contributed by atoms with E-state index in [4.69, 9.17) is 12.2 Å². The number of nitrogens with zero attached hydrogens (tertiary/aromatic N) is 2. The summed E-state index contributed by atoms with van der Waals surface area (Å²) in [6.07, 6.45) is 0. The van der Waals surface area contributed by atoms with Crippen LogP contribution in [0.5, 0.6) is 0 Å². The Kier molecular flexibility index (Phi) is 4.59. The molecule has 3 aromatic rings. The van der Waals surface area contributed by atoms with Gasteiger partial charge in [0, 0.05) is 30.8 Å². The fourth-order valence-electron chi connectivity index (χ4n) is 6.17. The number of para-hydroxylation sites is 2. The lowest BCUT2D eigenvalue weighted by Crippen LogP contribution is -2.56. The Morgan fingerprint density at radius 3 is 2.08 bits per heavy atom. The van der Waals surface area contributed by atoms with Crippen molar-refractivity contribution < 1.29 is 19.2 Å². The number of hydrogen-bond donors (Lipinski definition) is 1. The number of thiocarbonyl (C=S) groups is 1. The number of imide groups is 1. The maximum atomic E-state index is 14.5. The molecule has 0 bridgehead atoms. The van der Waals surface area contributed by atoms with Gasteiger partial charge in [-0.05, 0) is 17.7 Å². The zero-order valence-electron chi connectivity index (χ0n) is 19.5. The molecule has 2 spiro atoms. The van der Waals surface area contributed by atoms with Gasteiger partial charge < -0.3 is 10.2 Å². The van der Waals surface area contributed by atoms with Crippen molar-refractivity contribution in [3.8, 4) is 0 Å². The van der Waals surface area contributed by atoms with Crippen LogP contribution in [-0.4, -0.2) is 35.5 Å². The summed E-state index contributed by atoms with van der Waals surface area (Å²) in [4.78, 5) is 58.3. The maximum absolute atomic E-state index is 14.5. The van der Waals surface area contributed by atoms with Crippen LogP contribution in [0, 0.1) is 5.92 Å². The Balaban J connectivity index is 1.72. The first kappa shape index (κ1) is 22.3.